The molecule has 0 bridgehead atoms. The number of H-pyrrole nitrogens is 1. The van der Waals surface area contributed by atoms with Crippen molar-refractivity contribution in [3.63, 3.8) is 0 Å². The molecule has 1 atom stereocenters. The summed E-state index contributed by atoms with van der Waals surface area (Å²) >= 11 is -1.81. The minimum absolute atomic E-state index is 0.457. The van der Waals surface area contributed by atoms with E-state index >= 15 is 0 Å². The highest BCUT2D eigenvalue weighted by molar-refractivity contribution is 7.82. The van der Waals surface area contributed by atoms with Gasteiger partial charge in [0.2, 0.25) is 0 Å². The number of aromatic amines is 1. The van der Waals surface area contributed by atoms with E-state index in [9.17, 15) is 4.21 Å². The molecule has 2 N–H and O–H groups in total. The monoisotopic (exact) mass is 509 g/mol. The van der Waals surface area contributed by atoms with Gasteiger partial charge in [-0.05, 0) is 57.0 Å². The molecular formula is C27H35N5O3S. The smallest absolute Gasteiger partial charge is 0.316 e. The Morgan fingerprint density at radius 3 is 2.61 bits per heavy atom. The number of nitrogens with one attached hydrogen (secondary N) is 2. The van der Waals surface area contributed by atoms with Gasteiger partial charge in [0.15, 0.2) is 23.0 Å². The molecule has 2 heterocycles. The second-order valence-electron chi connectivity index (χ2n) is 9.10. The molecule has 0 aliphatic heterocycles. The van der Waals surface area contributed by atoms with Crippen molar-refractivity contribution in [3.8, 4) is 22.9 Å². The first-order chi connectivity index (χ1) is 17.4. The molecular weight excluding hydrogens is 474 g/mol. The average molecular weight is 510 g/mol. The highest BCUT2D eigenvalue weighted by atomic mass is 32.2. The molecule has 0 amide bonds. The zero-order valence-electron chi connectivity index (χ0n) is 21.5. The molecule has 0 fully saturated rings. The van der Waals surface area contributed by atoms with Crippen LogP contribution in [0.1, 0.15) is 62.3 Å². The standard InChI is InChI=1S/C27H35N5O3S/c1-5-6-7-8-9-10-16-34-24-15-14-19(2)17-25(24)35-36(33)31-23-13-11-12-22(18-23)26-28-27-20(3)21(4)29-32(27)30-26/h11-15,17-18,29,31H,5-10,16H2,1-4H3. The van der Waals surface area contributed by atoms with Crippen molar-refractivity contribution < 1.29 is 13.1 Å². The summed E-state index contributed by atoms with van der Waals surface area (Å²) in [5.41, 5.74) is 5.34. The predicted octanol–water partition coefficient (Wildman–Crippen LogP) is 6.46. The number of rotatable bonds is 13. The number of aryl methyl sites for hydroxylation is 3. The van der Waals surface area contributed by atoms with E-state index in [1.807, 2.05) is 63.2 Å². The van der Waals surface area contributed by atoms with Gasteiger partial charge in [0, 0.05) is 16.8 Å². The first kappa shape index (κ1) is 25.8. The number of aromatic nitrogens is 4. The van der Waals surface area contributed by atoms with E-state index in [0.717, 1.165) is 40.9 Å². The summed E-state index contributed by atoms with van der Waals surface area (Å²) in [6, 6.07) is 13.1. The lowest BCUT2D eigenvalue weighted by Crippen LogP contribution is -2.12. The van der Waals surface area contributed by atoms with E-state index in [-0.39, 0.29) is 0 Å². The van der Waals surface area contributed by atoms with Gasteiger partial charge in [0.25, 0.3) is 0 Å². The third-order valence-electron chi connectivity index (χ3n) is 6.12. The lowest BCUT2D eigenvalue weighted by molar-refractivity contribution is 0.296. The van der Waals surface area contributed by atoms with E-state index in [1.165, 1.54) is 25.7 Å². The largest absolute Gasteiger partial charge is 0.490 e. The number of fused-ring (bicyclic) bond motifs is 1. The maximum atomic E-state index is 12.8. The number of hydrogen-bond acceptors (Lipinski definition) is 5. The molecule has 0 radical (unpaired) electrons. The van der Waals surface area contributed by atoms with E-state index in [0.29, 0.717) is 29.6 Å². The van der Waals surface area contributed by atoms with Gasteiger partial charge in [0.1, 0.15) is 0 Å². The van der Waals surface area contributed by atoms with E-state index in [4.69, 9.17) is 8.92 Å². The maximum absolute atomic E-state index is 12.8. The topological polar surface area (TPSA) is 93.5 Å². The molecule has 8 nitrogen and oxygen atoms in total. The average Bonchev–Trinajstić information content (AvgIpc) is 3.38. The third-order valence-corrected chi connectivity index (χ3v) is 6.85. The van der Waals surface area contributed by atoms with Gasteiger partial charge in [-0.25, -0.2) is 4.98 Å². The number of anilines is 1. The molecule has 2 aromatic heterocycles. The summed E-state index contributed by atoms with van der Waals surface area (Å²) in [5.74, 6) is 1.64. The normalized spacial score (nSPS) is 12.1. The Morgan fingerprint density at radius 2 is 1.81 bits per heavy atom. The van der Waals surface area contributed by atoms with Gasteiger partial charge in [0.05, 0.1) is 12.3 Å². The molecule has 0 aliphatic rings. The van der Waals surface area contributed by atoms with Crippen molar-refractivity contribution in [1.29, 1.82) is 0 Å². The first-order valence-electron chi connectivity index (χ1n) is 12.6. The Kier molecular flexibility index (Phi) is 8.64. The summed E-state index contributed by atoms with van der Waals surface area (Å²) in [6.07, 6.45) is 7.16. The number of hydrogen-bond donors (Lipinski definition) is 2. The number of nitrogens with zero attached hydrogens (tertiary/aromatic N) is 3. The predicted molar refractivity (Wildman–Crippen MR) is 145 cm³/mol. The van der Waals surface area contributed by atoms with Crippen LogP contribution in [0.5, 0.6) is 11.5 Å². The zero-order chi connectivity index (χ0) is 25.5. The highest BCUT2D eigenvalue weighted by Crippen LogP contribution is 2.30. The number of benzene rings is 2. The number of ether oxygens (including phenoxy) is 1. The molecule has 9 heteroatoms. The third kappa shape index (κ3) is 6.46. The van der Waals surface area contributed by atoms with Gasteiger partial charge in [-0.2, -0.15) is 8.84 Å². The Labute approximate surface area is 215 Å². The molecule has 4 aromatic rings. The van der Waals surface area contributed by atoms with Crippen LogP contribution in [0.25, 0.3) is 17.0 Å². The Morgan fingerprint density at radius 1 is 1.00 bits per heavy atom. The van der Waals surface area contributed by atoms with Gasteiger partial charge >= 0.3 is 11.3 Å². The van der Waals surface area contributed by atoms with Crippen molar-refractivity contribution in [2.45, 2.75) is 66.2 Å². The fraction of sp³-hybridized carbons (Fsp3) is 0.407. The van der Waals surface area contributed by atoms with Crippen LogP contribution >= 0.6 is 0 Å². The SMILES string of the molecule is CCCCCCCCOc1ccc(C)cc1OS(=O)Nc1cccc(-c2nc3c(C)c(C)[nH]n3n2)c1. The van der Waals surface area contributed by atoms with Crippen LogP contribution in [0.4, 0.5) is 5.69 Å². The molecule has 1 unspecified atom stereocenters. The minimum atomic E-state index is -1.81. The van der Waals surface area contributed by atoms with E-state index in [2.05, 4.69) is 26.8 Å². The van der Waals surface area contributed by atoms with Crippen LogP contribution in [0, 0.1) is 20.8 Å². The lowest BCUT2D eigenvalue weighted by Gasteiger charge is -2.13. The summed E-state index contributed by atoms with van der Waals surface area (Å²) in [7, 11) is 0. The summed E-state index contributed by atoms with van der Waals surface area (Å²) in [4.78, 5) is 4.64. The van der Waals surface area contributed by atoms with Gasteiger partial charge < -0.3 is 8.92 Å². The quantitative estimate of drug-likeness (QED) is 0.202. The summed E-state index contributed by atoms with van der Waals surface area (Å²) in [5, 5.41) is 7.71. The van der Waals surface area contributed by atoms with Crippen LogP contribution in [0.15, 0.2) is 42.5 Å². The van der Waals surface area contributed by atoms with Crippen molar-refractivity contribution in [3.05, 3.63) is 59.3 Å². The molecule has 0 saturated carbocycles. The molecule has 0 saturated heterocycles. The zero-order valence-corrected chi connectivity index (χ0v) is 22.3. The fourth-order valence-electron chi connectivity index (χ4n) is 3.95. The molecule has 0 spiro atoms. The molecule has 36 heavy (non-hydrogen) atoms. The van der Waals surface area contributed by atoms with Crippen molar-refractivity contribution >= 4 is 22.6 Å². The van der Waals surface area contributed by atoms with Crippen molar-refractivity contribution in [2.75, 3.05) is 11.3 Å². The van der Waals surface area contributed by atoms with Crippen LogP contribution in [-0.2, 0) is 11.3 Å². The lowest BCUT2D eigenvalue weighted by atomic mass is 10.1. The van der Waals surface area contributed by atoms with Crippen LogP contribution in [-0.4, -0.2) is 30.6 Å². The molecule has 192 valence electrons. The van der Waals surface area contributed by atoms with E-state index in [1.54, 1.807) is 4.63 Å². The van der Waals surface area contributed by atoms with Crippen LogP contribution in [0.2, 0.25) is 0 Å². The number of unbranched alkanes of at least 4 members (excludes halogenated alkanes) is 5. The van der Waals surface area contributed by atoms with Crippen molar-refractivity contribution in [2.24, 2.45) is 0 Å². The Hall–Kier alpha value is -3.33. The minimum Gasteiger partial charge on any atom is -0.490 e. The van der Waals surface area contributed by atoms with Crippen LogP contribution < -0.4 is 13.6 Å². The fourth-order valence-corrected chi connectivity index (χ4v) is 4.60. The second-order valence-corrected chi connectivity index (χ2v) is 9.94. The highest BCUT2D eigenvalue weighted by Gasteiger charge is 2.14. The van der Waals surface area contributed by atoms with Gasteiger partial charge in [-0.3, -0.25) is 9.82 Å². The molecule has 0 aliphatic carbocycles. The Bertz CT molecular complexity index is 1330. The van der Waals surface area contributed by atoms with Gasteiger partial charge in [-0.15, -0.1) is 5.10 Å². The second kappa shape index (κ2) is 12.1. The maximum Gasteiger partial charge on any atom is 0.316 e. The van der Waals surface area contributed by atoms with Gasteiger partial charge in [-0.1, -0.05) is 57.2 Å². The molecule has 2 aromatic carbocycles. The Balaban J connectivity index is 1.38. The molecule has 4 rings (SSSR count). The van der Waals surface area contributed by atoms with Crippen molar-refractivity contribution in [1.82, 2.24) is 19.8 Å². The summed E-state index contributed by atoms with van der Waals surface area (Å²) in [6.45, 7) is 8.79. The van der Waals surface area contributed by atoms with E-state index < -0.39 is 11.3 Å². The van der Waals surface area contributed by atoms with Crippen LogP contribution in [0.3, 0.4) is 0 Å². The first-order valence-corrected chi connectivity index (χ1v) is 13.6. The summed E-state index contributed by atoms with van der Waals surface area (Å²) < 4.78 is 29.1.